The normalized spacial score (nSPS) is 13.6. The molecule has 0 saturated heterocycles. The smallest absolute Gasteiger partial charge is 0.270 e. The summed E-state index contributed by atoms with van der Waals surface area (Å²) in [5, 5.41) is 18.5. The van der Waals surface area contributed by atoms with E-state index in [1.54, 1.807) is 23.6 Å². The van der Waals surface area contributed by atoms with E-state index < -0.39 is 10.8 Å². The van der Waals surface area contributed by atoms with E-state index in [1.165, 1.54) is 35.6 Å². The lowest BCUT2D eigenvalue weighted by Crippen LogP contribution is -2.26. The van der Waals surface area contributed by atoms with Gasteiger partial charge in [-0.3, -0.25) is 19.7 Å². The Bertz CT molecular complexity index is 855. The molecule has 128 valence electrons. The number of carbonyl (C=O) groups excluding carboxylic acids is 2. The third-order valence-corrected chi connectivity index (χ3v) is 4.40. The topological polar surface area (TPSA) is 101 Å². The lowest BCUT2D eigenvalue weighted by Gasteiger charge is -2.05. The van der Waals surface area contributed by atoms with Gasteiger partial charge in [0, 0.05) is 24.3 Å². The molecule has 1 aromatic heterocycles. The molecule has 0 spiro atoms. The molecule has 1 saturated carbocycles. The van der Waals surface area contributed by atoms with Crippen molar-refractivity contribution in [2.24, 2.45) is 0 Å². The van der Waals surface area contributed by atoms with Gasteiger partial charge in [-0.15, -0.1) is 11.3 Å². The number of amides is 2. The second-order valence-corrected chi connectivity index (χ2v) is 6.50. The minimum absolute atomic E-state index is 0.0418. The van der Waals surface area contributed by atoms with E-state index in [-0.39, 0.29) is 17.6 Å². The zero-order valence-corrected chi connectivity index (χ0v) is 13.9. The first-order valence-corrected chi connectivity index (χ1v) is 8.53. The quantitative estimate of drug-likeness (QED) is 0.471. The molecule has 0 atom stereocenters. The number of nitro benzene ring substituents is 1. The van der Waals surface area contributed by atoms with Crippen LogP contribution in [0.2, 0.25) is 0 Å². The first-order valence-electron chi connectivity index (χ1n) is 7.65. The average Bonchev–Trinajstić information content (AvgIpc) is 3.28. The van der Waals surface area contributed by atoms with Crippen molar-refractivity contribution >= 4 is 39.9 Å². The Kier molecular flexibility index (Phi) is 4.90. The average molecular weight is 357 g/mol. The lowest BCUT2D eigenvalue weighted by atomic mass is 10.2. The summed E-state index contributed by atoms with van der Waals surface area (Å²) < 4.78 is 0. The molecule has 25 heavy (non-hydrogen) atoms. The van der Waals surface area contributed by atoms with E-state index in [4.69, 9.17) is 0 Å². The van der Waals surface area contributed by atoms with Crippen LogP contribution in [0.15, 0.2) is 41.8 Å². The maximum absolute atomic E-state index is 12.1. The number of anilines is 1. The predicted molar refractivity (Wildman–Crippen MR) is 95.6 cm³/mol. The molecule has 1 fully saturated rings. The molecule has 1 aliphatic carbocycles. The van der Waals surface area contributed by atoms with Gasteiger partial charge in [0.2, 0.25) is 5.91 Å². The third-order valence-electron chi connectivity index (χ3n) is 3.57. The molecule has 0 aliphatic heterocycles. The summed E-state index contributed by atoms with van der Waals surface area (Å²) in [5.41, 5.74) is 0.941. The van der Waals surface area contributed by atoms with Crippen molar-refractivity contribution in [3.8, 4) is 0 Å². The minimum atomic E-state index is -0.492. The molecule has 0 unspecified atom stereocenters. The number of rotatable bonds is 6. The number of non-ortho nitro benzene ring substituents is 1. The van der Waals surface area contributed by atoms with Gasteiger partial charge in [-0.1, -0.05) is 12.1 Å². The van der Waals surface area contributed by atoms with E-state index in [1.807, 2.05) is 0 Å². The highest BCUT2D eigenvalue weighted by Crippen LogP contribution is 2.25. The summed E-state index contributed by atoms with van der Waals surface area (Å²) in [6, 6.07) is 7.88. The van der Waals surface area contributed by atoms with Gasteiger partial charge in [0.15, 0.2) is 0 Å². The van der Waals surface area contributed by atoms with Crippen LogP contribution in [0.1, 0.15) is 28.8 Å². The van der Waals surface area contributed by atoms with Crippen LogP contribution >= 0.6 is 11.3 Å². The fourth-order valence-electron chi connectivity index (χ4n) is 2.14. The molecule has 3 rings (SSSR count). The van der Waals surface area contributed by atoms with Gasteiger partial charge in [-0.2, -0.15) is 0 Å². The highest BCUT2D eigenvalue weighted by molar-refractivity contribution is 7.14. The number of benzene rings is 1. The van der Waals surface area contributed by atoms with Crippen molar-refractivity contribution < 1.29 is 14.5 Å². The van der Waals surface area contributed by atoms with E-state index in [9.17, 15) is 19.7 Å². The molecular formula is C17H15N3O4S. The predicted octanol–water partition coefficient (Wildman–Crippen LogP) is 3.20. The molecule has 7 nitrogen and oxygen atoms in total. The zero-order valence-electron chi connectivity index (χ0n) is 13.1. The van der Waals surface area contributed by atoms with Crippen molar-refractivity contribution in [1.82, 2.24) is 5.32 Å². The second kappa shape index (κ2) is 7.27. The third kappa shape index (κ3) is 4.51. The lowest BCUT2D eigenvalue weighted by molar-refractivity contribution is -0.384. The van der Waals surface area contributed by atoms with Gasteiger partial charge in [0.1, 0.15) is 5.00 Å². The summed E-state index contributed by atoms with van der Waals surface area (Å²) in [5.74, 6) is -0.601. The van der Waals surface area contributed by atoms with Gasteiger partial charge in [0.25, 0.3) is 11.6 Å². The Morgan fingerprint density at radius 3 is 2.80 bits per heavy atom. The summed E-state index contributed by atoms with van der Waals surface area (Å²) in [6.45, 7) is 0. The molecule has 2 amide bonds. The summed E-state index contributed by atoms with van der Waals surface area (Å²) >= 11 is 1.27. The monoisotopic (exact) mass is 357 g/mol. The summed E-state index contributed by atoms with van der Waals surface area (Å²) in [4.78, 5) is 34.4. The molecule has 0 radical (unpaired) electrons. The minimum Gasteiger partial charge on any atom is -0.349 e. The van der Waals surface area contributed by atoms with Crippen LogP contribution in [0.25, 0.3) is 6.08 Å². The number of hydrogen-bond acceptors (Lipinski definition) is 5. The fraction of sp³-hybridized carbons (Fsp3) is 0.176. The fourth-order valence-corrected chi connectivity index (χ4v) is 2.93. The first kappa shape index (κ1) is 16.8. The van der Waals surface area contributed by atoms with Crippen LogP contribution in [0.5, 0.6) is 0 Å². The molecular weight excluding hydrogens is 342 g/mol. The highest BCUT2D eigenvalue weighted by Gasteiger charge is 2.25. The number of thiophene rings is 1. The number of nitrogens with zero attached hydrogens (tertiary/aromatic N) is 1. The SMILES string of the molecule is O=C(/C=C/c1cccc([N+](=O)[O-])c1)Nc1sccc1C(=O)NC1CC1. The van der Waals surface area contributed by atoms with Gasteiger partial charge < -0.3 is 10.6 Å². The van der Waals surface area contributed by atoms with Crippen LogP contribution in [0.4, 0.5) is 10.7 Å². The van der Waals surface area contributed by atoms with Crippen LogP contribution in [0.3, 0.4) is 0 Å². The van der Waals surface area contributed by atoms with Crippen molar-refractivity contribution in [2.45, 2.75) is 18.9 Å². The number of hydrogen-bond donors (Lipinski definition) is 2. The molecule has 1 aliphatic rings. The van der Waals surface area contributed by atoms with E-state index in [0.29, 0.717) is 16.1 Å². The standard InChI is InChI=1S/C17H15N3O4S/c21-15(7-4-11-2-1-3-13(10-11)20(23)24)19-17-14(8-9-25-17)16(22)18-12-5-6-12/h1-4,7-10,12H,5-6H2,(H,18,22)(H,19,21)/b7-4+. The summed E-state index contributed by atoms with van der Waals surface area (Å²) in [7, 11) is 0. The van der Waals surface area contributed by atoms with Gasteiger partial charge in [-0.05, 0) is 35.9 Å². The number of carbonyl (C=O) groups is 2. The van der Waals surface area contributed by atoms with Gasteiger partial charge in [0.05, 0.1) is 10.5 Å². The van der Waals surface area contributed by atoms with Crippen molar-refractivity contribution in [3.05, 3.63) is 63.0 Å². The molecule has 1 aromatic carbocycles. The highest BCUT2D eigenvalue weighted by atomic mass is 32.1. The first-order chi connectivity index (χ1) is 12.0. The molecule has 8 heteroatoms. The van der Waals surface area contributed by atoms with Crippen LogP contribution in [0, 0.1) is 10.1 Å². The molecule has 1 heterocycles. The van der Waals surface area contributed by atoms with Crippen molar-refractivity contribution in [2.75, 3.05) is 5.32 Å². The molecule has 0 bridgehead atoms. The van der Waals surface area contributed by atoms with Gasteiger partial charge >= 0.3 is 0 Å². The number of nitrogens with one attached hydrogen (secondary N) is 2. The summed E-state index contributed by atoms with van der Waals surface area (Å²) in [6.07, 6.45) is 4.74. The Hall–Kier alpha value is -3.00. The zero-order chi connectivity index (χ0) is 17.8. The Morgan fingerprint density at radius 1 is 1.28 bits per heavy atom. The maximum atomic E-state index is 12.1. The Balaban J connectivity index is 1.64. The van der Waals surface area contributed by atoms with E-state index in [2.05, 4.69) is 10.6 Å². The van der Waals surface area contributed by atoms with Crippen molar-refractivity contribution in [3.63, 3.8) is 0 Å². The van der Waals surface area contributed by atoms with E-state index in [0.717, 1.165) is 12.8 Å². The molecule has 2 N–H and O–H groups in total. The Labute approximate surface area is 147 Å². The number of nitro groups is 1. The van der Waals surface area contributed by atoms with E-state index >= 15 is 0 Å². The largest absolute Gasteiger partial charge is 0.349 e. The van der Waals surface area contributed by atoms with Crippen LogP contribution < -0.4 is 10.6 Å². The van der Waals surface area contributed by atoms with Crippen LogP contribution in [-0.4, -0.2) is 22.8 Å². The Morgan fingerprint density at radius 2 is 2.08 bits per heavy atom. The van der Waals surface area contributed by atoms with Crippen molar-refractivity contribution in [1.29, 1.82) is 0 Å². The van der Waals surface area contributed by atoms with Crippen LogP contribution in [-0.2, 0) is 4.79 Å². The van der Waals surface area contributed by atoms with Gasteiger partial charge in [-0.25, -0.2) is 0 Å². The second-order valence-electron chi connectivity index (χ2n) is 5.59. The molecule has 2 aromatic rings. The maximum Gasteiger partial charge on any atom is 0.270 e.